The Morgan fingerprint density at radius 3 is 2.25 bits per heavy atom. The van der Waals surface area contributed by atoms with Gasteiger partial charge in [0.25, 0.3) is 0 Å². The van der Waals surface area contributed by atoms with Crippen molar-refractivity contribution in [1.29, 1.82) is 0 Å². The molecular weight excluding hydrogens is 463 g/mol. The van der Waals surface area contributed by atoms with E-state index in [0.29, 0.717) is 13.2 Å². The minimum absolute atomic E-state index is 0. The molecule has 0 fully saturated rings. The molecule has 0 aliphatic heterocycles. The van der Waals surface area contributed by atoms with Crippen LogP contribution in [0.3, 0.4) is 0 Å². The standard InChI is InChI=1S/C22H32N4O.HI/c1-6-27-21-13-17(2)11-12-19(21)15-25-22(23-3)24-14-18-9-7-8-10-20(18)16-26(4)5;/h7-13H,6,14-16H2,1-5H3,(H2,23,24,25);1H. The molecule has 2 aromatic rings. The SMILES string of the molecule is CCOc1cc(C)ccc1CNC(=NC)NCc1ccccc1CN(C)C.I. The van der Waals surface area contributed by atoms with Crippen molar-refractivity contribution in [3.8, 4) is 5.75 Å². The molecular formula is C22H33IN4O. The van der Waals surface area contributed by atoms with Crippen LogP contribution in [0, 0.1) is 6.92 Å². The highest BCUT2D eigenvalue weighted by atomic mass is 127. The summed E-state index contributed by atoms with van der Waals surface area (Å²) in [6, 6.07) is 14.8. The van der Waals surface area contributed by atoms with Gasteiger partial charge in [0.05, 0.1) is 6.61 Å². The summed E-state index contributed by atoms with van der Waals surface area (Å²) >= 11 is 0. The first-order chi connectivity index (χ1) is 13.0. The molecule has 0 aliphatic rings. The van der Waals surface area contributed by atoms with Crippen LogP contribution >= 0.6 is 24.0 Å². The average molecular weight is 496 g/mol. The highest BCUT2D eigenvalue weighted by Gasteiger charge is 2.07. The molecule has 6 heteroatoms. The average Bonchev–Trinajstić information content (AvgIpc) is 2.64. The lowest BCUT2D eigenvalue weighted by atomic mass is 10.1. The molecule has 154 valence electrons. The van der Waals surface area contributed by atoms with Crippen LogP contribution in [0.15, 0.2) is 47.5 Å². The number of aryl methyl sites for hydroxylation is 1. The lowest BCUT2D eigenvalue weighted by molar-refractivity contribution is 0.336. The van der Waals surface area contributed by atoms with E-state index in [4.69, 9.17) is 4.74 Å². The Balaban J connectivity index is 0.00000392. The highest BCUT2D eigenvalue weighted by molar-refractivity contribution is 14.0. The second-order valence-electron chi connectivity index (χ2n) is 6.83. The van der Waals surface area contributed by atoms with Crippen molar-refractivity contribution in [2.45, 2.75) is 33.5 Å². The zero-order valence-electron chi connectivity index (χ0n) is 17.6. The molecule has 0 spiro atoms. The molecule has 2 rings (SSSR count). The predicted octanol–water partition coefficient (Wildman–Crippen LogP) is 3.94. The van der Waals surface area contributed by atoms with Gasteiger partial charge in [-0.25, -0.2) is 0 Å². The lowest BCUT2D eigenvalue weighted by Gasteiger charge is -2.17. The van der Waals surface area contributed by atoms with Crippen LogP contribution in [-0.4, -0.2) is 38.6 Å². The van der Waals surface area contributed by atoms with Crippen LogP contribution in [-0.2, 0) is 19.6 Å². The van der Waals surface area contributed by atoms with Crippen molar-refractivity contribution in [2.24, 2.45) is 4.99 Å². The Hall–Kier alpha value is -1.80. The summed E-state index contributed by atoms with van der Waals surface area (Å²) in [5.41, 5.74) is 4.92. The molecule has 0 radical (unpaired) electrons. The fourth-order valence-corrected chi connectivity index (χ4v) is 2.90. The molecule has 0 heterocycles. The number of halogens is 1. The maximum atomic E-state index is 5.76. The Morgan fingerprint density at radius 2 is 1.64 bits per heavy atom. The van der Waals surface area contributed by atoms with Gasteiger partial charge in [0.15, 0.2) is 5.96 Å². The number of benzene rings is 2. The first-order valence-corrected chi connectivity index (χ1v) is 9.41. The van der Waals surface area contributed by atoms with Crippen molar-refractivity contribution in [2.75, 3.05) is 27.7 Å². The first-order valence-electron chi connectivity index (χ1n) is 9.41. The van der Waals surface area contributed by atoms with E-state index < -0.39 is 0 Å². The van der Waals surface area contributed by atoms with Gasteiger partial charge in [-0.15, -0.1) is 24.0 Å². The van der Waals surface area contributed by atoms with Gasteiger partial charge in [0, 0.05) is 32.2 Å². The predicted molar refractivity (Wildman–Crippen MR) is 129 cm³/mol. The lowest BCUT2D eigenvalue weighted by Crippen LogP contribution is -2.36. The van der Waals surface area contributed by atoms with Crippen molar-refractivity contribution in [3.63, 3.8) is 0 Å². The molecule has 0 aliphatic carbocycles. The normalized spacial score (nSPS) is 11.1. The van der Waals surface area contributed by atoms with Gasteiger partial charge in [-0.3, -0.25) is 4.99 Å². The van der Waals surface area contributed by atoms with E-state index in [1.54, 1.807) is 7.05 Å². The van der Waals surface area contributed by atoms with E-state index in [1.807, 2.05) is 6.92 Å². The number of nitrogens with zero attached hydrogens (tertiary/aromatic N) is 2. The number of rotatable bonds is 8. The molecule has 0 amide bonds. The van der Waals surface area contributed by atoms with Gasteiger partial charge < -0.3 is 20.3 Å². The summed E-state index contributed by atoms with van der Waals surface area (Å²) < 4.78 is 5.76. The number of guanidine groups is 1. The third-order valence-electron chi connectivity index (χ3n) is 4.24. The van der Waals surface area contributed by atoms with Crippen LogP contribution < -0.4 is 15.4 Å². The molecule has 2 N–H and O–H groups in total. The monoisotopic (exact) mass is 496 g/mol. The van der Waals surface area contributed by atoms with Crippen molar-refractivity contribution >= 4 is 29.9 Å². The van der Waals surface area contributed by atoms with Crippen LogP contribution in [0.1, 0.15) is 29.2 Å². The Bertz CT molecular complexity index is 762. The summed E-state index contributed by atoms with van der Waals surface area (Å²) in [6.45, 7) is 7.05. The van der Waals surface area contributed by atoms with E-state index in [0.717, 1.165) is 30.4 Å². The van der Waals surface area contributed by atoms with Gasteiger partial charge in [0.1, 0.15) is 5.75 Å². The molecule has 0 unspecified atom stereocenters. The summed E-state index contributed by atoms with van der Waals surface area (Å²) in [6.07, 6.45) is 0. The Labute approximate surface area is 186 Å². The summed E-state index contributed by atoms with van der Waals surface area (Å²) in [5, 5.41) is 6.79. The Kier molecular flexibility index (Phi) is 10.9. The third-order valence-corrected chi connectivity index (χ3v) is 4.24. The maximum Gasteiger partial charge on any atom is 0.191 e. The topological polar surface area (TPSA) is 48.9 Å². The van der Waals surface area contributed by atoms with Crippen molar-refractivity contribution in [1.82, 2.24) is 15.5 Å². The van der Waals surface area contributed by atoms with Gasteiger partial charge >= 0.3 is 0 Å². The molecule has 0 saturated carbocycles. The van der Waals surface area contributed by atoms with E-state index in [-0.39, 0.29) is 24.0 Å². The first kappa shape index (κ1) is 24.2. The minimum Gasteiger partial charge on any atom is -0.494 e. The number of hydrogen-bond donors (Lipinski definition) is 2. The quantitative estimate of drug-likeness (QED) is 0.330. The number of hydrogen-bond acceptors (Lipinski definition) is 3. The molecule has 28 heavy (non-hydrogen) atoms. The zero-order chi connectivity index (χ0) is 19.6. The molecule has 2 aromatic carbocycles. The fourth-order valence-electron chi connectivity index (χ4n) is 2.90. The number of ether oxygens (including phenoxy) is 1. The molecule has 0 bridgehead atoms. The zero-order valence-corrected chi connectivity index (χ0v) is 19.9. The molecule has 0 atom stereocenters. The summed E-state index contributed by atoms with van der Waals surface area (Å²) in [7, 11) is 5.96. The van der Waals surface area contributed by atoms with E-state index in [9.17, 15) is 0 Å². The molecule has 0 aromatic heterocycles. The Morgan fingerprint density at radius 1 is 1.00 bits per heavy atom. The van der Waals surface area contributed by atoms with Gasteiger partial charge in [-0.05, 0) is 50.7 Å². The van der Waals surface area contributed by atoms with Crippen molar-refractivity contribution in [3.05, 3.63) is 64.7 Å². The second-order valence-corrected chi connectivity index (χ2v) is 6.83. The maximum absolute atomic E-state index is 5.76. The minimum atomic E-state index is 0. The van der Waals surface area contributed by atoms with Crippen LogP contribution in [0.2, 0.25) is 0 Å². The number of aliphatic imine (C=N–C) groups is 1. The number of nitrogens with one attached hydrogen (secondary N) is 2. The summed E-state index contributed by atoms with van der Waals surface area (Å²) in [4.78, 5) is 6.52. The largest absolute Gasteiger partial charge is 0.494 e. The van der Waals surface area contributed by atoms with Crippen LogP contribution in [0.4, 0.5) is 0 Å². The van der Waals surface area contributed by atoms with E-state index in [2.05, 4.69) is 84.0 Å². The van der Waals surface area contributed by atoms with Gasteiger partial charge in [0.2, 0.25) is 0 Å². The molecule has 5 nitrogen and oxygen atoms in total. The smallest absolute Gasteiger partial charge is 0.191 e. The molecule has 0 saturated heterocycles. The summed E-state index contributed by atoms with van der Waals surface area (Å²) in [5.74, 6) is 1.70. The van der Waals surface area contributed by atoms with Crippen LogP contribution in [0.25, 0.3) is 0 Å². The fraction of sp³-hybridized carbons (Fsp3) is 0.409. The van der Waals surface area contributed by atoms with Crippen LogP contribution in [0.5, 0.6) is 5.75 Å². The van der Waals surface area contributed by atoms with E-state index >= 15 is 0 Å². The second kappa shape index (κ2) is 12.6. The van der Waals surface area contributed by atoms with Gasteiger partial charge in [-0.2, -0.15) is 0 Å². The third kappa shape index (κ3) is 7.67. The van der Waals surface area contributed by atoms with Gasteiger partial charge in [-0.1, -0.05) is 36.4 Å². The highest BCUT2D eigenvalue weighted by Crippen LogP contribution is 2.20. The van der Waals surface area contributed by atoms with Crippen molar-refractivity contribution < 1.29 is 4.74 Å². The van der Waals surface area contributed by atoms with E-state index in [1.165, 1.54) is 16.7 Å².